The Bertz CT molecular complexity index is 547. The van der Waals surface area contributed by atoms with Crippen LogP contribution in [0.5, 0.6) is 0 Å². The Balaban J connectivity index is 2.00. The third kappa shape index (κ3) is 3.53. The number of aliphatic hydroxyl groups is 2. The van der Waals surface area contributed by atoms with E-state index in [2.05, 4.69) is 4.72 Å². The molecule has 0 aliphatic carbocycles. The third-order valence-corrected chi connectivity index (χ3v) is 4.60. The predicted molar refractivity (Wildman–Crippen MR) is 67.9 cm³/mol. The summed E-state index contributed by atoms with van der Waals surface area (Å²) >= 11 is 0. The first-order valence-electron chi connectivity index (χ1n) is 6.09. The van der Waals surface area contributed by atoms with Gasteiger partial charge in [0, 0.05) is 12.5 Å². The molecule has 0 bridgehead atoms. The van der Waals surface area contributed by atoms with Crippen LogP contribution in [0.15, 0.2) is 29.2 Å². The molecule has 0 amide bonds. The van der Waals surface area contributed by atoms with Crippen molar-refractivity contribution in [2.45, 2.75) is 17.1 Å². The molecule has 1 aliphatic heterocycles. The molecule has 1 fully saturated rings. The molecule has 20 heavy (non-hydrogen) atoms. The van der Waals surface area contributed by atoms with Gasteiger partial charge in [-0.3, -0.25) is 0 Å². The van der Waals surface area contributed by atoms with Crippen LogP contribution < -0.4 is 4.72 Å². The maximum Gasteiger partial charge on any atom is 0.240 e. The number of halogens is 1. The van der Waals surface area contributed by atoms with E-state index in [4.69, 9.17) is 4.74 Å². The van der Waals surface area contributed by atoms with E-state index in [0.29, 0.717) is 0 Å². The van der Waals surface area contributed by atoms with Gasteiger partial charge in [-0.05, 0) is 24.3 Å². The van der Waals surface area contributed by atoms with E-state index in [9.17, 15) is 23.0 Å². The lowest BCUT2D eigenvalue weighted by molar-refractivity contribution is -0.118. The van der Waals surface area contributed by atoms with E-state index >= 15 is 0 Å². The van der Waals surface area contributed by atoms with Crippen LogP contribution in [0.25, 0.3) is 0 Å². The van der Waals surface area contributed by atoms with Crippen LogP contribution >= 0.6 is 0 Å². The van der Waals surface area contributed by atoms with Gasteiger partial charge in [-0.15, -0.1) is 0 Å². The van der Waals surface area contributed by atoms with Gasteiger partial charge in [0.1, 0.15) is 11.9 Å². The SMILES string of the molecule is O=S(=O)(NC[C@@H]1COC[C@@H](O)[C@H]1O)c1ccc(F)cc1. The fourth-order valence-corrected chi connectivity index (χ4v) is 3.04. The van der Waals surface area contributed by atoms with Crippen molar-refractivity contribution < 1.29 is 27.8 Å². The Morgan fingerprint density at radius 3 is 2.55 bits per heavy atom. The maximum atomic E-state index is 12.8. The second-order valence-corrected chi connectivity index (χ2v) is 6.43. The van der Waals surface area contributed by atoms with Crippen molar-refractivity contribution in [2.24, 2.45) is 5.92 Å². The number of rotatable bonds is 4. The molecule has 112 valence electrons. The first kappa shape index (κ1) is 15.3. The molecule has 3 N–H and O–H groups in total. The van der Waals surface area contributed by atoms with Crippen LogP contribution in [0.1, 0.15) is 0 Å². The summed E-state index contributed by atoms with van der Waals surface area (Å²) in [6, 6.07) is 4.41. The van der Waals surface area contributed by atoms with Crippen molar-refractivity contribution in [1.29, 1.82) is 0 Å². The van der Waals surface area contributed by atoms with Crippen molar-refractivity contribution in [3.63, 3.8) is 0 Å². The van der Waals surface area contributed by atoms with E-state index < -0.39 is 34.0 Å². The van der Waals surface area contributed by atoms with Gasteiger partial charge in [0.15, 0.2) is 0 Å². The Morgan fingerprint density at radius 1 is 1.25 bits per heavy atom. The summed E-state index contributed by atoms with van der Waals surface area (Å²) in [4.78, 5) is -0.0642. The van der Waals surface area contributed by atoms with Gasteiger partial charge >= 0.3 is 0 Å². The quantitative estimate of drug-likeness (QED) is 0.695. The van der Waals surface area contributed by atoms with Crippen LogP contribution in [0.3, 0.4) is 0 Å². The molecule has 0 unspecified atom stereocenters. The average molecular weight is 305 g/mol. The lowest BCUT2D eigenvalue weighted by Gasteiger charge is -2.31. The second-order valence-electron chi connectivity index (χ2n) is 4.66. The molecule has 8 heteroatoms. The smallest absolute Gasteiger partial charge is 0.240 e. The predicted octanol–water partition coefficient (Wildman–Crippen LogP) is -0.528. The van der Waals surface area contributed by atoms with Crippen LogP contribution in [0.2, 0.25) is 0 Å². The number of sulfonamides is 1. The van der Waals surface area contributed by atoms with Gasteiger partial charge in [-0.2, -0.15) is 0 Å². The summed E-state index contributed by atoms with van der Waals surface area (Å²) in [6.45, 7) is 0.116. The normalized spacial score (nSPS) is 27.4. The van der Waals surface area contributed by atoms with Crippen LogP contribution in [-0.4, -0.2) is 50.6 Å². The summed E-state index contributed by atoms with van der Waals surface area (Å²) in [7, 11) is -3.78. The van der Waals surface area contributed by atoms with E-state index in [1.54, 1.807) is 0 Å². The molecular formula is C12H16FNO5S. The molecule has 6 nitrogen and oxygen atoms in total. The van der Waals surface area contributed by atoms with Crippen molar-refractivity contribution in [3.8, 4) is 0 Å². The molecule has 1 aromatic rings. The highest BCUT2D eigenvalue weighted by molar-refractivity contribution is 7.89. The summed E-state index contributed by atoms with van der Waals surface area (Å²) < 4.78 is 44.0. The Hall–Kier alpha value is -1.06. The molecule has 1 aromatic carbocycles. The molecule has 0 radical (unpaired) electrons. The van der Waals surface area contributed by atoms with E-state index in [1.807, 2.05) is 0 Å². The number of aliphatic hydroxyl groups excluding tert-OH is 2. The van der Waals surface area contributed by atoms with Gasteiger partial charge in [0.25, 0.3) is 0 Å². The van der Waals surface area contributed by atoms with Crippen LogP contribution in [0, 0.1) is 11.7 Å². The van der Waals surface area contributed by atoms with Crippen molar-refractivity contribution in [2.75, 3.05) is 19.8 Å². The fourth-order valence-electron chi connectivity index (χ4n) is 1.95. The number of benzene rings is 1. The minimum atomic E-state index is -3.78. The summed E-state index contributed by atoms with van der Waals surface area (Å²) in [5.41, 5.74) is 0. The highest BCUT2D eigenvalue weighted by atomic mass is 32.2. The molecular weight excluding hydrogens is 289 g/mol. The zero-order valence-electron chi connectivity index (χ0n) is 10.6. The largest absolute Gasteiger partial charge is 0.390 e. The van der Waals surface area contributed by atoms with Gasteiger partial charge in [-0.1, -0.05) is 0 Å². The zero-order valence-corrected chi connectivity index (χ0v) is 11.4. The number of hydrogen-bond acceptors (Lipinski definition) is 5. The van der Waals surface area contributed by atoms with Crippen molar-refractivity contribution in [3.05, 3.63) is 30.1 Å². The first-order chi connectivity index (χ1) is 9.40. The monoisotopic (exact) mass is 305 g/mol. The van der Waals surface area contributed by atoms with E-state index in [1.165, 1.54) is 0 Å². The Labute approximate surface area is 116 Å². The molecule has 1 saturated heterocycles. The molecule has 0 aromatic heterocycles. The van der Waals surface area contributed by atoms with E-state index in [-0.39, 0.29) is 24.7 Å². The lowest BCUT2D eigenvalue weighted by Crippen LogP contribution is -2.48. The second kappa shape index (κ2) is 6.15. The zero-order chi connectivity index (χ0) is 14.8. The van der Waals surface area contributed by atoms with Gasteiger partial charge in [0.2, 0.25) is 10.0 Å². The minimum Gasteiger partial charge on any atom is -0.390 e. The summed E-state index contributed by atoms with van der Waals surface area (Å²) in [5, 5.41) is 19.2. The van der Waals surface area contributed by atoms with Crippen LogP contribution in [0.4, 0.5) is 4.39 Å². The minimum absolute atomic E-state index is 0.0301. The molecule has 2 rings (SSSR count). The van der Waals surface area contributed by atoms with Crippen molar-refractivity contribution in [1.82, 2.24) is 4.72 Å². The van der Waals surface area contributed by atoms with Gasteiger partial charge in [0.05, 0.1) is 24.2 Å². The maximum absolute atomic E-state index is 12.8. The molecule has 0 saturated carbocycles. The Kier molecular flexibility index (Phi) is 4.71. The number of nitrogens with one attached hydrogen (secondary N) is 1. The standard InChI is InChI=1S/C12H16FNO5S/c13-9-1-3-10(4-2-9)20(17,18)14-5-8-6-19-7-11(15)12(8)16/h1-4,8,11-12,14-16H,5-7H2/t8-,11-,12+/m1/s1. The molecule has 1 heterocycles. The van der Waals surface area contributed by atoms with E-state index in [0.717, 1.165) is 24.3 Å². The average Bonchev–Trinajstić information content (AvgIpc) is 2.41. The summed E-state index contributed by atoms with van der Waals surface area (Å²) in [6.07, 6.45) is -2.07. The van der Waals surface area contributed by atoms with Gasteiger partial charge < -0.3 is 14.9 Å². The molecule has 1 aliphatic rings. The molecule has 3 atom stereocenters. The number of hydrogen-bond donors (Lipinski definition) is 3. The highest BCUT2D eigenvalue weighted by Crippen LogP contribution is 2.16. The first-order valence-corrected chi connectivity index (χ1v) is 7.57. The fraction of sp³-hybridized carbons (Fsp3) is 0.500. The third-order valence-electron chi connectivity index (χ3n) is 3.16. The number of ether oxygens (including phenoxy) is 1. The molecule has 0 spiro atoms. The summed E-state index contributed by atoms with van der Waals surface area (Å²) in [5.74, 6) is -1.06. The Morgan fingerprint density at radius 2 is 1.90 bits per heavy atom. The topological polar surface area (TPSA) is 95.9 Å². The van der Waals surface area contributed by atoms with Gasteiger partial charge in [-0.25, -0.2) is 17.5 Å². The lowest BCUT2D eigenvalue weighted by atomic mass is 9.97. The van der Waals surface area contributed by atoms with Crippen LogP contribution in [-0.2, 0) is 14.8 Å². The highest BCUT2D eigenvalue weighted by Gasteiger charge is 2.32. The van der Waals surface area contributed by atoms with Crippen molar-refractivity contribution >= 4 is 10.0 Å².